The molecular weight excluding hydrogens is 208 g/mol. The van der Waals surface area contributed by atoms with Gasteiger partial charge in [0.25, 0.3) is 0 Å². The topological polar surface area (TPSA) is 29.5 Å². The summed E-state index contributed by atoms with van der Waals surface area (Å²) in [5.74, 6) is 0.833. The number of para-hydroxylation sites is 1. The van der Waals surface area contributed by atoms with Crippen LogP contribution in [0.5, 0.6) is 5.75 Å². The molecule has 1 aromatic rings. The predicted molar refractivity (Wildman–Crippen MR) is 62.3 cm³/mol. The molecule has 1 heterocycles. The summed E-state index contributed by atoms with van der Waals surface area (Å²) >= 11 is 1.69. The van der Waals surface area contributed by atoms with Crippen molar-refractivity contribution < 1.29 is 9.84 Å². The lowest BCUT2D eigenvalue weighted by Crippen LogP contribution is -2.21. The maximum atomic E-state index is 10.0. The number of fused-ring (bicyclic) bond motifs is 1. The molecule has 0 saturated heterocycles. The molecule has 1 aromatic carbocycles. The van der Waals surface area contributed by atoms with E-state index in [0.29, 0.717) is 0 Å². The first-order chi connectivity index (χ1) is 6.80. The lowest BCUT2D eigenvalue weighted by molar-refractivity contribution is 0.0722. The van der Waals surface area contributed by atoms with Crippen LogP contribution < -0.4 is 4.74 Å². The first-order valence-corrected chi connectivity index (χ1v) is 5.85. The van der Waals surface area contributed by atoms with E-state index in [1.165, 1.54) is 0 Å². The van der Waals surface area contributed by atoms with Crippen molar-refractivity contribution >= 4 is 11.8 Å². The van der Waals surface area contributed by atoms with E-state index < -0.39 is 5.60 Å². The fourth-order valence-corrected chi connectivity index (χ4v) is 2.76. The van der Waals surface area contributed by atoms with Crippen molar-refractivity contribution in [2.45, 2.75) is 43.1 Å². The second-order valence-electron chi connectivity index (χ2n) is 4.80. The molecule has 0 atom stereocenters. The molecule has 0 aliphatic carbocycles. The lowest BCUT2D eigenvalue weighted by atomic mass is 9.97. The van der Waals surface area contributed by atoms with Crippen molar-refractivity contribution in [3.05, 3.63) is 23.8 Å². The lowest BCUT2D eigenvalue weighted by Gasteiger charge is -2.22. The minimum absolute atomic E-state index is 0.232. The molecule has 0 unspecified atom stereocenters. The van der Waals surface area contributed by atoms with Gasteiger partial charge in [-0.25, -0.2) is 0 Å². The minimum atomic E-state index is -0.855. The second-order valence-corrected chi connectivity index (χ2v) is 6.42. The summed E-state index contributed by atoms with van der Waals surface area (Å²) in [7, 11) is 0. The first kappa shape index (κ1) is 10.8. The van der Waals surface area contributed by atoms with Gasteiger partial charge < -0.3 is 9.84 Å². The van der Waals surface area contributed by atoms with Gasteiger partial charge in [0.05, 0.1) is 10.5 Å². The molecule has 2 nitrogen and oxygen atoms in total. The molecule has 1 aliphatic rings. The van der Waals surface area contributed by atoms with E-state index in [9.17, 15) is 5.11 Å². The van der Waals surface area contributed by atoms with Crippen LogP contribution in [-0.2, 0) is 5.60 Å². The summed E-state index contributed by atoms with van der Waals surface area (Å²) in [6.07, 6.45) is 0. The fraction of sp³-hybridized carbons (Fsp3) is 0.500. The van der Waals surface area contributed by atoms with Gasteiger partial charge in [0.2, 0.25) is 0 Å². The molecule has 1 N–H and O–H groups in total. The Morgan fingerprint density at radius 3 is 2.60 bits per heavy atom. The van der Waals surface area contributed by atoms with Crippen LogP contribution in [0.4, 0.5) is 0 Å². The SMILES string of the molecule is CC1(C)Oc2c(cccc2C(C)(C)O)S1. The van der Waals surface area contributed by atoms with Gasteiger partial charge in [-0.15, -0.1) is 0 Å². The molecule has 0 spiro atoms. The van der Waals surface area contributed by atoms with Gasteiger partial charge in [-0.3, -0.25) is 0 Å². The van der Waals surface area contributed by atoms with Crippen LogP contribution in [0.25, 0.3) is 0 Å². The molecular formula is C12H16O2S. The predicted octanol–water partition coefficient (Wildman–Crippen LogP) is 3.13. The van der Waals surface area contributed by atoms with Crippen LogP contribution in [-0.4, -0.2) is 10.0 Å². The van der Waals surface area contributed by atoms with E-state index in [-0.39, 0.29) is 4.93 Å². The molecule has 0 saturated carbocycles. The van der Waals surface area contributed by atoms with Crippen LogP contribution >= 0.6 is 11.8 Å². The van der Waals surface area contributed by atoms with Crippen molar-refractivity contribution in [1.29, 1.82) is 0 Å². The van der Waals surface area contributed by atoms with Gasteiger partial charge >= 0.3 is 0 Å². The van der Waals surface area contributed by atoms with Gasteiger partial charge in [-0.1, -0.05) is 23.9 Å². The molecule has 15 heavy (non-hydrogen) atoms. The highest BCUT2D eigenvalue weighted by Gasteiger charge is 2.35. The summed E-state index contributed by atoms with van der Waals surface area (Å²) in [4.78, 5) is 0.878. The Morgan fingerprint density at radius 1 is 1.33 bits per heavy atom. The van der Waals surface area contributed by atoms with Gasteiger partial charge in [-0.2, -0.15) is 0 Å². The number of thioether (sulfide) groups is 1. The van der Waals surface area contributed by atoms with Crippen LogP contribution in [0, 0.1) is 0 Å². The van der Waals surface area contributed by atoms with Crippen LogP contribution in [0.3, 0.4) is 0 Å². The number of hydrogen-bond acceptors (Lipinski definition) is 3. The zero-order valence-corrected chi connectivity index (χ0v) is 10.3. The largest absolute Gasteiger partial charge is 0.475 e. The van der Waals surface area contributed by atoms with E-state index in [1.807, 2.05) is 32.0 Å². The highest BCUT2D eigenvalue weighted by atomic mass is 32.2. The summed E-state index contributed by atoms with van der Waals surface area (Å²) in [5, 5.41) is 10.0. The van der Waals surface area contributed by atoms with E-state index >= 15 is 0 Å². The summed E-state index contributed by atoms with van der Waals surface area (Å²) in [6, 6.07) is 5.91. The van der Waals surface area contributed by atoms with Crippen molar-refractivity contribution in [3.8, 4) is 5.75 Å². The average molecular weight is 224 g/mol. The molecule has 3 heteroatoms. The molecule has 0 fully saturated rings. The summed E-state index contributed by atoms with van der Waals surface area (Å²) < 4.78 is 5.85. The molecule has 0 radical (unpaired) electrons. The quantitative estimate of drug-likeness (QED) is 0.794. The standard InChI is InChI=1S/C12H16O2S/c1-11(2,13)8-6-5-7-9-10(8)14-12(3,4)15-9/h5-7,13H,1-4H3. The van der Waals surface area contributed by atoms with Crippen molar-refractivity contribution in [2.75, 3.05) is 0 Å². The Balaban J connectivity index is 2.51. The van der Waals surface area contributed by atoms with Crippen LogP contribution in [0.15, 0.2) is 23.1 Å². The number of hydrogen-bond donors (Lipinski definition) is 1. The van der Waals surface area contributed by atoms with Crippen molar-refractivity contribution in [2.24, 2.45) is 0 Å². The third-order valence-electron chi connectivity index (χ3n) is 2.34. The number of ether oxygens (including phenoxy) is 1. The number of benzene rings is 1. The van der Waals surface area contributed by atoms with E-state index in [1.54, 1.807) is 25.6 Å². The Kier molecular flexibility index (Phi) is 2.28. The van der Waals surface area contributed by atoms with E-state index in [0.717, 1.165) is 16.2 Å². The van der Waals surface area contributed by atoms with Gasteiger partial charge in [-0.05, 0) is 33.8 Å². The minimum Gasteiger partial charge on any atom is -0.475 e. The van der Waals surface area contributed by atoms with E-state index in [4.69, 9.17) is 4.74 Å². The smallest absolute Gasteiger partial charge is 0.153 e. The highest BCUT2D eigenvalue weighted by molar-refractivity contribution is 8.00. The Morgan fingerprint density at radius 2 is 2.00 bits per heavy atom. The normalized spacial score (nSPS) is 18.5. The molecule has 0 amide bonds. The van der Waals surface area contributed by atoms with E-state index in [2.05, 4.69) is 0 Å². The van der Waals surface area contributed by atoms with Gasteiger partial charge in [0.1, 0.15) is 5.75 Å². The summed E-state index contributed by atoms with van der Waals surface area (Å²) in [5.41, 5.74) is 0.00449. The average Bonchev–Trinajstić information content (AvgIpc) is 2.35. The number of aliphatic hydroxyl groups is 1. The third-order valence-corrected chi connectivity index (χ3v) is 3.46. The molecule has 2 rings (SSSR count). The first-order valence-electron chi connectivity index (χ1n) is 5.03. The highest BCUT2D eigenvalue weighted by Crippen LogP contribution is 2.50. The zero-order valence-electron chi connectivity index (χ0n) is 9.50. The number of rotatable bonds is 1. The van der Waals surface area contributed by atoms with Crippen molar-refractivity contribution in [3.63, 3.8) is 0 Å². The molecule has 82 valence electrons. The maximum absolute atomic E-state index is 10.0. The van der Waals surface area contributed by atoms with Crippen LogP contribution in [0.1, 0.15) is 33.3 Å². The maximum Gasteiger partial charge on any atom is 0.153 e. The van der Waals surface area contributed by atoms with Crippen LogP contribution in [0.2, 0.25) is 0 Å². The molecule has 1 aliphatic heterocycles. The Labute approximate surface area is 94.6 Å². The zero-order chi connectivity index (χ0) is 11.3. The fourth-order valence-electron chi connectivity index (χ4n) is 1.71. The molecule has 0 aromatic heterocycles. The third kappa shape index (κ3) is 1.99. The monoisotopic (exact) mass is 224 g/mol. The second kappa shape index (κ2) is 3.16. The Hall–Kier alpha value is -0.670. The van der Waals surface area contributed by atoms with Gasteiger partial charge in [0, 0.05) is 5.56 Å². The van der Waals surface area contributed by atoms with Gasteiger partial charge in [0.15, 0.2) is 4.93 Å². The molecule has 0 bridgehead atoms. The van der Waals surface area contributed by atoms with Crippen molar-refractivity contribution in [1.82, 2.24) is 0 Å². The Bertz CT molecular complexity index is 391. The summed E-state index contributed by atoms with van der Waals surface area (Å²) in [6.45, 7) is 7.63.